The number of aliphatic hydroxyl groups excluding tert-OH is 2. The van der Waals surface area contributed by atoms with Gasteiger partial charge in [-0.2, -0.15) is 8.42 Å². The summed E-state index contributed by atoms with van der Waals surface area (Å²) in [7, 11) is -4.67. The molecule has 2 aromatic carbocycles. The predicted octanol–water partition coefficient (Wildman–Crippen LogP) is 5.68. The molecule has 49 heavy (non-hydrogen) atoms. The van der Waals surface area contributed by atoms with E-state index in [-0.39, 0.29) is 12.1 Å². The minimum absolute atomic E-state index is 0.223. The maximum absolute atomic E-state index is 11.0. The molecule has 11 heteroatoms. The molecule has 4 N–H and O–H groups in total. The fourth-order valence-corrected chi connectivity index (χ4v) is 8.58. The zero-order chi connectivity index (χ0) is 34.7. The topological polar surface area (TPSA) is 147 Å². The van der Waals surface area contributed by atoms with E-state index in [0.717, 1.165) is 72.0 Å². The smallest absolute Gasteiger partial charge is 0.387 e. The van der Waals surface area contributed by atoms with Gasteiger partial charge in [0.2, 0.25) is 0 Å². The summed E-state index contributed by atoms with van der Waals surface area (Å²) in [5.41, 5.74) is 3.94. The van der Waals surface area contributed by atoms with E-state index in [1.165, 1.54) is 12.8 Å². The van der Waals surface area contributed by atoms with Crippen molar-refractivity contribution in [3.63, 3.8) is 0 Å². The molecule has 0 amide bonds. The van der Waals surface area contributed by atoms with Crippen molar-refractivity contribution in [3.05, 3.63) is 109 Å². The van der Waals surface area contributed by atoms with E-state index in [4.69, 9.17) is 17.5 Å². The van der Waals surface area contributed by atoms with Crippen molar-refractivity contribution >= 4 is 32.2 Å². The molecule has 0 spiro atoms. The summed E-state index contributed by atoms with van der Waals surface area (Å²) in [5.74, 6) is 2.53. The third-order valence-electron chi connectivity index (χ3n) is 11.0. The van der Waals surface area contributed by atoms with Gasteiger partial charge in [0.1, 0.15) is 0 Å². The van der Waals surface area contributed by atoms with Gasteiger partial charge in [0.25, 0.3) is 0 Å². The first-order chi connectivity index (χ1) is 23.6. The summed E-state index contributed by atoms with van der Waals surface area (Å²) >= 11 is 0. The van der Waals surface area contributed by atoms with Crippen molar-refractivity contribution < 1.29 is 27.7 Å². The second-order valence-electron chi connectivity index (χ2n) is 13.7. The number of aromatic nitrogens is 2. The Hall–Kier alpha value is -3.55. The summed E-state index contributed by atoms with van der Waals surface area (Å²) in [6.07, 6.45) is 11.5. The van der Waals surface area contributed by atoms with Crippen LogP contribution in [0.15, 0.2) is 98.4 Å². The summed E-state index contributed by atoms with van der Waals surface area (Å²) in [6, 6.07) is 20.5. The molecule has 0 saturated carbocycles. The third-order valence-corrected chi connectivity index (χ3v) is 11.0. The average molecular weight is 687 g/mol. The van der Waals surface area contributed by atoms with Crippen molar-refractivity contribution in [3.8, 4) is 0 Å². The molecule has 6 aliphatic rings. The number of hydrogen-bond donors (Lipinski definition) is 4. The van der Waals surface area contributed by atoms with Crippen molar-refractivity contribution in [2.45, 2.75) is 50.0 Å². The molecule has 10 atom stereocenters. The number of hydrogen-bond acceptors (Lipinski definition) is 8. The van der Waals surface area contributed by atoms with Crippen molar-refractivity contribution in [1.29, 1.82) is 0 Å². The molecule has 10 nitrogen and oxygen atoms in total. The number of pyridine rings is 2. The van der Waals surface area contributed by atoms with Gasteiger partial charge in [0.15, 0.2) is 0 Å². The number of fused-ring (bicyclic) bond motifs is 8. The Morgan fingerprint density at radius 1 is 0.694 bits per heavy atom. The molecule has 8 heterocycles. The Bertz CT molecular complexity index is 1750. The molecule has 10 rings (SSSR count). The van der Waals surface area contributed by atoms with Crippen LogP contribution in [0.5, 0.6) is 0 Å². The fourth-order valence-electron chi connectivity index (χ4n) is 8.58. The van der Waals surface area contributed by atoms with Gasteiger partial charge >= 0.3 is 10.4 Å². The van der Waals surface area contributed by atoms with Crippen molar-refractivity contribution in [2.75, 3.05) is 26.2 Å². The first-order valence-electron chi connectivity index (χ1n) is 17.0. The van der Waals surface area contributed by atoms with E-state index in [2.05, 4.69) is 57.2 Å². The molecule has 4 aromatic rings. The Morgan fingerprint density at radius 2 is 1.08 bits per heavy atom. The van der Waals surface area contributed by atoms with Crippen LogP contribution >= 0.6 is 0 Å². The van der Waals surface area contributed by atoms with Gasteiger partial charge in [0.05, 0.1) is 23.2 Å². The monoisotopic (exact) mass is 686 g/mol. The first-order valence-corrected chi connectivity index (χ1v) is 18.4. The maximum atomic E-state index is 11.0. The molecular weight excluding hydrogens is 641 g/mol. The summed E-state index contributed by atoms with van der Waals surface area (Å²) in [4.78, 5) is 13.7. The number of benzene rings is 2. The summed E-state index contributed by atoms with van der Waals surface area (Å²) in [5, 5.41) is 24.2. The highest BCUT2D eigenvalue weighted by atomic mass is 32.3. The number of para-hydroxylation sites is 2. The molecular formula is C38H46N4O6S. The highest BCUT2D eigenvalue weighted by Gasteiger charge is 2.43. The summed E-state index contributed by atoms with van der Waals surface area (Å²) in [6.45, 7) is 12.2. The van der Waals surface area contributed by atoms with Gasteiger partial charge in [-0.25, -0.2) is 0 Å². The maximum Gasteiger partial charge on any atom is 0.394 e. The quantitative estimate of drug-likeness (QED) is 0.148. The van der Waals surface area contributed by atoms with Crippen LogP contribution in [0.1, 0.15) is 49.0 Å². The van der Waals surface area contributed by atoms with Crippen LogP contribution in [-0.4, -0.2) is 85.8 Å². The lowest BCUT2D eigenvalue weighted by molar-refractivity contribution is -0.0445. The van der Waals surface area contributed by atoms with E-state index in [9.17, 15) is 10.2 Å². The number of rotatable bonds is 6. The van der Waals surface area contributed by atoms with E-state index < -0.39 is 22.6 Å². The Labute approximate surface area is 288 Å². The molecule has 6 saturated heterocycles. The van der Waals surface area contributed by atoms with Crippen LogP contribution in [0, 0.1) is 23.7 Å². The second kappa shape index (κ2) is 15.1. The third kappa shape index (κ3) is 7.94. The number of piperidine rings is 6. The average Bonchev–Trinajstić information content (AvgIpc) is 3.13. The fraction of sp³-hybridized carbons (Fsp3) is 0.421. The lowest BCUT2D eigenvalue weighted by Crippen LogP contribution is -2.54. The van der Waals surface area contributed by atoms with Crippen molar-refractivity contribution in [1.82, 2.24) is 19.8 Å². The minimum Gasteiger partial charge on any atom is -0.387 e. The van der Waals surface area contributed by atoms with Crippen LogP contribution in [0.25, 0.3) is 21.8 Å². The molecule has 6 fully saturated rings. The van der Waals surface area contributed by atoms with Crippen LogP contribution in [0.4, 0.5) is 0 Å². The van der Waals surface area contributed by atoms with Gasteiger partial charge in [-0.15, -0.1) is 13.2 Å². The summed E-state index contributed by atoms with van der Waals surface area (Å²) < 4.78 is 31.6. The van der Waals surface area contributed by atoms with E-state index in [1.54, 1.807) is 0 Å². The van der Waals surface area contributed by atoms with Gasteiger partial charge in [-0.05, 0) is 97.8 Å². The largest absolute Gasteiger partial charge is 0.394 e. The molecule has 4 bridgehead atoms. The van der Waals surface area contributed by atoms with E-state index in [1.807, 2.05) is 60.9 Å². The Morgan fingerprint density at radius 3 is 1.43 bits per heavy atom. The van der Waals surface area contributed by atoms with Crippen LogP contribution in [0.3, 0.4) is 0 Å². The molecule has 0 radical (unpaired) electrons. The van der Waals surface area contributed by atoms with Gasteiger partial charge in [-0.3, -0.25) is 28.9 Å². The molecule has 6 aliphatic heterocycles. The Kier molecular flexibility index (Phi) is 10.9. The van der Waals surface area contributed by atoms with Crippen LogP contribution in [-0.2, 0) is 10.4 Å². The molecule has 2 unspecified atom stereocenters. The highest BCUT2D eigenvalue weighted by Crippen LogP contribution is 2.43. The zero-order valence-corrected chi connectivity index (χ0v) is 28.4. The number of nitrogens with zero attached hydrogens (tertiary/aromatic N) is 4. The standard InChI is InChI=1S/2C19H22N2O.H2O4S/c2*1-2-13-12-21-10-8-14(13)11-18(21)19(22)16-7-9-20-17-6-4-3-5-15(16)17;1-5(2,3)4/h2*2-7,9,13-14,18-19,22H,1,8,10-12H2;(H2,1,2,3,4)/t2*13-,14+,18+,19-;/m00./s1. The lowest BCUT2D eigenvalue weighted by atomic mass is 9.73. The SMILES string of the molecule is C=C[C@H]1CN2CC[C@@H]1C[C@@H]2[C@@H](O)c1ccnc2ccccc12.C=C[C@H]1CN2CC[C@@H]1C[C@@H]2[C@@H](O)c1ccnc2ccccc12.O=S(=O)(O)O. The lowest BCUT2D eigenvalue weighted by Gasteiger charge is -2.50. The molecule has 260 valence electrons. The molecule has 2 aromatic heterocycles. The van der Waals surface area contributed by atoms with Gasteiger partial charge < -0.3 is 10.2 Å². The minimum atomic E-state index is -4.67. The second-order valence-corrected chi connectivity index (χ2v) is 14.6. The first kappa shape index (κ1) is 35.3. The highest BCUT2D eigenvalue weighted by molar-refractivity contribution is 7.79. The van der Waals surface area contributed by atoms with Crippen LogP contribution < -0.4 is 0 Å². The van der Waals surface area contributed by atoms with Crippen LogP contribution in [0.2, 0.25) is 0 Å². The predicted molar refractivity (Wildman–Crippen MR) is 191 cm³/mol. The van der Waals surface area contributed by atoms with E-state index in [0.29, 0.717) is 23.7 Å². The zero-order valence-electron chi connectivity index (χ0n) is 27.6. The normalized spacial score (nSPS) is 30.0. The van der Waals surface area contributed by atoms with Gasteiger partial charge in [0, 0.05) is 48.3 Å². The van der Waals surface area contributed by atoms with E-state index >= 15 is 0 Å². The van der Waals surface area contributed by atoms with Gasteiger partial charge in [-0.1, -0.05) is 48.6 Å². The Balaban J connectivity index is 0.000000150. The van der Waals surface area contributed by atoms with Crippen molar-refractivity contribution in [2.24, 2.45) is 23.7 Å². The molecule has 0 aliphatic carbocycles. The number of aliphatic hydroxyl groups is 2.